The molecule has 1 heterocycles. The van der Waals surface area contributed by atoms with Gasteiger partial charge in [-0.3, -0.25) is 14.5 Å². The zero-order valence-electron chi connectivity index (χ0n) is 14.6. The van der Waals surface area contributed by atoms with Gasteiger partial charge in [-0.05, 0) is 30.4 Å². The lowest BCUT2D eigenvalue weighted by Gasteiger charge is -2.18. The number of nitrogens with zero attached hydrogens (tertiary/aromatic N) is 1. The number of rotatable bonds is 6. The molecular weight excluding hydrogens is 306 g/mol. The Balaban J connectivity index is 1.95. The molecule has 0 unspecified atom stereocenters. The van der Waals surface area contributed by atoms with Gasteiger partial charge in [0.05, 0.1) is 6.04 Å². The van der Waals surface area contributed by atoms with E-state index >= 15 is 0 Å². The van der Waals surface area contributed by atoms with Crippen molar-refractivity contribution < 1.29 is 14.4 Å². The number of benzene rings is 1. The van der Waals surface area contributed by atoms with Crippen molar-refractivity contribution in [2.24, 2.45) is 5.92 Å². The third-order valence-electron chi connectivity index (χ3n) is 4.29. The summed E-state index contributed by atoms with van der Waals surface area (Å²) in [6, 6.07) is 6.77. The van der Waals surface area contributed by atoms with Crippen molar-refractivity contribution in [1.29, 1.82) is 0 Å². The number of carbonyl (C=O) groups excluding carboxylic acids is 3. The van der Waals surface area contributed by atoms with E-state index in [1.165, 1.54) is 5.56 Å². The number of amides is 4. The lowest BCUT2D eigenvalue weighted by atomic mass is 10.0. The van der Waals surface area contributed by atoms with Crippen LogP contribution in [0.15, 0.2) is 24.3 Å². The number of imide groups is 1. The van der Waals surface area contributed by atoms with Gasteiger partial charge in [0.1, 0.15) is 12.6 Å². The summed E-state index contributed by atoms with van der Waals surface area (Å²) in [5.74, 6) is -0.703. The Morgan fingerprint density at radius 1 is 1.21 bits per heavy atom. The van der Waals surface area contributed by atoms with Crippen LogP contribution in [-0.4, -0.2) is 35.3 Å². The molecule has 1 saturated heterocycles. The zero-order chi connectivity index (χ0) is 17.9. The second-order valence-corrected chi connectivity index (χ2v) is 6.48. The van der Waals surface area contributed by atoms with Gasteiger partial charge in [-0.1, -0.05) is 45.0 Å². The van der Waals surface area contributed by atoms with Crippen LogP contribution in [0.3, 0.4) is 0 Å². The van der Waals surface area contributed by atoms with E-state index in [1.54, 1.807) is 0 Å². The fourth-order valence-corrected chi connectivity index (χ4v) is 2.70. The van der Waals surface area contributed by atoms with Crippen LogP contribution < -0.4 is 10.6 Å². The summed E-state index contributed by atoms with van der Waals surface area (Å²) >= 11 is 0. The minimum Gasteiger partial charge on any atom is -0.348 e. The van der Waals surface area contributed by atoms with Crippen LogP contribution in [0.5, 0.6) is 0 Å². The Bertz CT molecular complexity index is 625. The first-order valence-electron chi connectivity index (χ1n) is 8.33. The highest BCUT2D eigenvalue weighted by molar-refractivity contribution is 6.06. The summed E-state index contributed by atoms with van der Waals surface area (Å²) in [4.78, 5) is 37.2. The van der Waals surface area contributed by atoms with Gasteiger partial charge < -0.3 is 10.6 Å². The van der Waals surface area contributed by atoms with Crippen LogP contribution in [0.2, 0.25) is 0 Å². The van der Waals surface area contributed by atoms with Crippen molar-refractivity contribution in [3.63, 3.8) is 0 Å². The van der Waals surface area contributed by atoms with Gasteiger partial charge in [-0.2, -0.15) is 0 Å². The first kappa shape index (κ1) is 18.0. The molecule has 0 radical (unpaired) electrons. The van der Waals surface area contributed by atoms with Crippen LogP contribution in [0.25, 0.3) is 0 Å². The summed E-state index contributed by atoms with van der Waals surface area (Å²) < 4.78 is 0. The standard InChI is InChI=1S/C18H25N3O3/c1-5-13-6-8-14(9-7-13)12(4)19-15(22)10-21-17(23)16(11(2)3)20-18(21)24/h6-9,11-12,16H,5,10H2,1-4H3,(H,19,22)(H,20,24)/t12-,16-/m1/s1. The summed E-state index contributed by atoms with van der Waals surface area (Å²) in [5.41, 5.74) is 2.22. The van der Waals surface area contributed by atoms with Crippen molar-refractivity contribution in [1.82, 2.24) is 15.5 Å². The molecule has 1 aliphatic rings. The molecule has 2 rings (SSSR count). The van der Waals surface area contributed by atoms with E-state index in [1.807, 2.05) is 45.0 Å². The van der Waals surface area contributed by atoms with Crippen molar-refractivity contribution in [2.75, 3.05) is 6.54 Å². The first-order valence-corrected chi connectivity index (χ1v) is 8.33. The first-order chi connectivity index (χ1) is 11.3. The molecule has 1 aliphatic heterocycles. The van der Waals surface area contributed by atoms with Crippen molar-refractivity contribution in [2.45, 2.75) is 46.2 Å². The maximum Gasteiger partial charge on any atom is 0.325 e. The van der Waals surface area contributed by atoms with Crippen LogP contribution in [0.4, 0.5) is 4.79 Å². The summed E-state index contributed by atoms with van der Waals surface area (Å²) in [6.07, 6.45) is 0.963. The van der Waals surface area contributed by atoms with Gasteiger partial charge in [0.25, 0.3) is 5.91 Å². The molecular formula is C18H25N3O3. The smallest absolute Gasteiger partial charge is 0.325 e. The van der Waals surface area contributed by atoms with E-state index in [0.717, 1.165) is 16.9 Å². The second kappa shape index (κ2) is 7.47. The SMILES string of the molecule is CCc1ccc([C@@H](C)NC(=O)CN2C(=O)N[C@H](C(C)C)C2=O)cc1. The summed E-state index contributed by atoms with van der Waals surface area (Å²) in [7, 11) is 0. The molecule has 24 heavy (non-hydrogen) atoms. The Labute approximate surface area is 142 Å². The number of hydrogen-bond donors (Lipinski definition) is 2. The summed E-state index contributed by atoms with van der Waals surface area (Å²) in [5, 5.41) is 5.45. The largest absolute Gasteiger partial charge is 0.348 e. The van der Waals surface area contributed by atoms with Gasteiger partial charge in [0.2, 0.25) is 5.91 Å². The molecule has 0 spiro atoms. The van der Waals surface area contributed by atoms with Crippen molar-refractivity contribution in [3.8, 4) is 0 Å². The van der Waals surface area contributed by atoms with Crippen LogP contribution in [0.1, 0.15) is 44.9 Å². The Morgan fingerprint density at radius 2 is 1.83 bits per heavy atom. The highest BCUT2D eigenvalue weighted by atomic mass is 16.2. The number of carbonyl (C=O) groups is 3. The maximum atomic E-state index is 12.2. The van der Waals surface area contributed by atoms with E-state index in [2.05, 4.69) is 17.6 Å². The van der Waals surface area contributed by atoms with E-state index in [0.29, 0.717) is 0 Å². The van der Waals surface area contributed by atoms with Gasteiger partial charge in [0, 0.05) is 0 Å². The molecule has 2 N–H and O–H groups in total. The molecule has 6 nitrogen and oxygen atoms in total. The molecule has 6 heteroatoms. The third-order valence-corrected chi connectivity index (χ3v) is 4.29. The number of nitrogens with one attached hydrogen (secondary N) is 2. The van der Waals surface area contributed by atoms with E-state index in [9.17, 15) is 14.4 Å². The monoisotopic (exact) mass is 331 g/mol. The summed E-state index contributed by atoms with van der Waals surface area (Å²) in [6.45, 7) is 7.42. The molecule has 1 fully saturated rings. The normalized spacial score (nSPS) is 18.7. The average Bonchev–Trinajstić information content (AvgIpc) is 2.83. The molecule has 130 valence electrons. The average molecular weight is 331 g/mol. The predicted molar refractivity (Wildman–Crippen MR) is 91.2 cm³/mol. The number of urea groups is 1. The predicted octanol–water partition coefficient (Wildman–Crippen LogP) is 2.00. The second-order valence-electron chi connectivity index (χ2n) is 6.48. The molecule has 0 bridgehead atoms. The topological polar surface area (TPSA) is 78.5 Å². The van der Waals surface area contributed by atoms with Gasteiger partial charge >= 0.3 is 6.03 Å². The molecule has 1 aromatic rings. The highest BCUT2D eigenvalue weighted by Crippen LogP contribution is 2.15. The molecule has 4 amide bonds. The van der Waals surface area contributed by atoms with E-state index in [4.69, 9.17) is 0 Å². The van der Waals surface area contributed by atoms with Crippen LogP contribution in [0, 0.1) is 5.92 Å². The Morgan fingerprint density at radius 3 is 2.33 bits per heavy atom. The lowest BCUT2D eigenvalue weighted by Crippen LogP contribution is -2.42. The third kappa shape index (κ3) is 3.93. The fourth-order valence-electron chi connectivity index (χ4n) is 2.70. The maximum absolute atomic E-state index is 12.2. The highest BCUT2D eigenvalue weighted by Gasteiger charge is 2.40. The number of aryl methyl sites for hydroxylation is 1. The van der Waals surface area contributed by atoms with Gasteiger partial charge in [0.15, 0.2) is 0 Å². The molecule has 0 saturated carbocycles. The van der Waals surface area contributed by atoms with Crippen LogP contribution in [-0.2, 0) is 16.0 Å². The molecule has 2 atom stereocenters. The quantitative estimate of drug-likeness (QED) is 0.783. The Kier molecular flexibility index (Phi) is 5.59. The van der Waals surface area contributed by atoms with Gasteiger partial charge in [-0.15, -0.1) is 0 Å². The van der Waals surface area contributed by atoms with Crippen molar-refractivity contribution >= 4 is 17.8 Å². The van der Waals surface area contributed by atoms with Gasteiger partial charge in [-0.25, -0.2) is 4.79 Å². The van der Waals surface area contributed by atoms with E-state index < -0.39 is 12.1 Å². The molecule has 1 aromatic carbocycles. The molecule has 0 aliphatic carbocycles. The fraction of sp³-hybridized carbons (Fsp3) is 0.500. The Hall–Kier alpha value is -2.37. The zero-order valence-corrected chi connectivity index (χ0v) is 14.6. The van der Waals surface area contributed by atoms with Crippen LogP contribution >= 0.6 is 0 Å². The minimum atomic E-state index is -0.552. The minimum absolute atomic E-state index is 0.00878. The van der Waals surface area contributed by atoms with Crippen molar-refractivity contribution in [3.05, 3.63) is 35.4 Å². The van der Waals surface area contributed by atoms with E-state index in [-0.39, 0.29) is 30.3 Å². The lowest BCUT2D eigenvalue weighted by molar-refractivity contribution is -0.133. The number of hydrogen-bond acceptors (Lipinski definition) is 3. The molecule has 0 aromatic heterocycles.